The number of carbonyl (C=O) groups excluding carboxylic acids is 2. The average molecular weight is 478 g/mol. The first kappa shape index (κ1) is 23.5. The highest BCUT2D eigenvalue weighted by Crippen LogP contribution is 2.23. The molecule has 0 unspecified atom stereocenters. The van der Waals surface area contributed by atoms with Crippen LogP contribution in [0.1, 0.15) is 27.6 Å². The zero-order chi connectivity index (χ0) is 24.3. The number of rotatable bonds is 6. The quantitative estimate of drug-likeness (QED) is 0.506. The molecule has 0 atom stereocenters. The van der Waals surface area contributed by atoms with Gasteiger partial charge >= 0.3 is 0 Å². The molecule has 0 aromatic heterocycles. The van der Waals surface area contributed by atoms with Gasteiger partial charge in [-0.3, -0.25) is 13.9 Å². The fourth-order valence-corrected chi connectivity index (χ4v) is 5.16. The Hall–Kier alpha value is -3.65. The van der Waals surface area contributed by atoms with E-state index in [0.29, 0.717) is 43.0 Å². The summed E-state index contributed by atoms with van der Waals surface area (Å²) >= 11 is 0. The molecule has 3 aromatic carbocycles. The first-order chi connectivity index (χ1) is 16.3. The molecule has 0 bridgehead atoms. The van der Waals surface area contributed by atoms with Crippen LogP contribution in [0.3, 0.4) is 0 Å². The van der Waals surface area contributed by atoms with Crippen LogP contribution >= 0.6 is 0 Å². The van der Waals surface area contributed by atoms with Gasteiger partial charge in [-0.2, -0.15) is 0 Å². The maximum absolute atomic E-state index is 13.0. The van der Waals surface area contributed by atoms with Gasteiger partial charge in [0.2, 0.25) is 0 Å². The molecule has 7 nitrogen and oxygen atoms in total. The van der Waals surface area contributed by atoms with Crippen LogP contribution in [-0.2, 0) is 10.0 Å². The van der Waals surface area contributed by atoms with E-state index in [1.165, 1.54) is 23.5 Å². The van der Waals surface area contributed by atoms with Gasteiger partial charge in [0, 0.05) is 50.0 Å². The Bertz CT molecular complexity index is 1270. The number of Topliss-reactive ketones (excluding diaryl/α,β-unsaturated/α-hetero) is 1. The lowest BCUT2D eigenvalue weighted by Gasteiger charge is -2.36. The van der Waals surface area contributed by atoms with Crippen molar-refractivity contribution < 1.29 is 18.0 Å². The van der Waals surface area contributed by atoms with Crippen molar-refractivity contribution in [1.82, 2.24) is 4.90 Å². The van der Waals surface area contributed by atoms with Gasteiger partial charge in [-0.25, -0.2) is 8.42 Å². The van der Waals surface area contributed by atoms with Gasteiger partial charge in [-0.1, -0.05) is 18.2 Å². The van der Waals surface area contributed by atoms with E-state index in [0.717, 1.165) is 5.69 Å². The first-order valence-electron chi connectivity index (χ1n) is 11.1. The topological polar surface area (TPSA) is 78.0 Å². The van der Waals surface area contributed by atoms with Crippen LogP contribution in [0.2, 0.25) is 0 Å². The minimum atomic E-state index is -3.73. The van der Waals surface area contributed by atoms with Crippen LogP contribution in [0.5, 0.6) is 0 Å². The third-order valence-electron chi connectivity index (χ3n) is 6.09. The molecule has 0 aliphatic carbocycles. The molecule has 0 saturated carbocycles. The lowest BCUT2D eigenvalue weighted by molar-refractivity contribution is 0.0746. The zero-order valence-corrected chi connectivity index (χ0v) is 20.0. The van der Waals surface area contributed by atoms with Crippen molar-refractivity contribution in [3.05, 3.63) is 90.0 Å². The maximum atomic E-state index is 13.0. The average Bonchev–Trinajstić information content (AvgIpc) is 2.88. The number of para-hydroxylation sites is 1. The van der Waals surface area contributed by atoms with Crippen LogP contribution in [-0.4, -0.2) is 58.2 Å². The van der Waals surface area contributed by atoms with Crippen molar-refractivity contribution in [2.24, 2.45) is 0 Å². The molecule has 4 rings (SSSR count). The molecule has 8 heteroatoms. The summed E-state index contributed by atoms with van der Waals surface area (Å²) in [7, 11) is -2.21. The molecular formula is C26H27N3O4S. The molecule has 3 aromatic rings. The summed E-state index contributed by atoms with van der Waals surface area (Å²) in [4.78, 5) is 28.5. The monoisotopic (exact) mass is 477 g/mol. The van der Waals surface area contributed by atoms with Gasteiger partial charge in [-0.15, -0.1) is 0 Å². The number of amides is 1. The number of benzene rings is 3. The fraction of sp³-hybridized carbons (Fsp3) is 0.231. The molecule has 34 heavy (non-hydrogen) atoms. The third-order valence-corrected chi connectivity index (χ3v) is 7.89. The third kappa shape index (κ3) is 4.82. The normalized spacial score (nSPS) is 14.1. The zero-order valence-electron chi connectivity index (χ0n) is 19.2. The largest absolute Gasteiger partial charge is 0.368 e. The van der Waals surface area contributed by atoms with Crippen molar-refractivity contribution in [3.8, 4) is 0 Å². The van der Waals surface area contributed by atoms with Crippen LogP contribution in [0, 0.1) is 0 Å². The SMILES string of the molecule is CC(=O)c1ccc(N2CCN(C(=O)c3ccc(S(=O)(=O)N(C)c4ccccc4)cc3)CC2)cc1. The van der Waals surface area contributed by atoms with Crippen LogP contribution in [0.4, 0.5) is 11.4 Å². The number of nitrogens with zero attached hydrogens (tertiary/aromatic N) is 3. The van der Waals surface area contributed by atoms with E-state index in [1.807, 2.05) is 30.3 Å². The fourth-order valence-electron chi connectivity index (χ4n) is 3.96. The van der Waals surface area contributed by atoms with E-state index in [2.05, 4.69) is 4.90 Å². The molecule has 1 heterocycles. The lowest BCUT2D eigenvalue weighted by atomic mass is 10.1. The van der Waals surface area contributed by atoms with Gasteiger partial charge in [0.05, 0.1) is 10.6 Å². The number of hydrogen-bond donors (Lipinski definition) is 0. The second kappa shape index (κ2) is 9.69. The van der Waals surface area contributed by atoms with Crippen molar-refractivity contribution >= 4 is 33.1 Å². The van der Waals surface area contributed by atoms with Gasteiger partial charge in [0.1, 0.15) is 0 Å². The lowest BCUT2D eigenvalue weighted by Crippen LogP contribution is -2.48. The van der Waals surface area contributed by atoms with Gasteiger partial charge in [0.15, 0.2) is 5.78 Å². The van der Waals surface area contributed by atoms with E-state index < -0.39 is 10.0 Å². The highest BCUT2D eigenvalue weighted by molar-refractivity contribution is 7.92. The minimum absolute atomic E-state index is 0.0347. The first-order valence-corrected chi connectivity index (χ1v) is 12.5. The summed E-state index contributed by atoms with van der Waals surface area (Å²) in [6.07, 6.45) is 0. The molecule has 176 valence electrons. The Morgan fingerprint density at radius 2 is 1.32 bits per heavy atom. The number of carbonyl (C=O) groups is 2. The molecule has 1 saturated heterocycles. The van der Waals surface area contributed by atoms with Gasteiger partial charge < -0.3 is 9.80 Å². The van der Waals surface area contributed by atoms with E-state index >= 15 is 0 Å². The van der Waals surface area contributed by atoms with E-state index in [-0.39, 0.29) is 16.6 Å². The Morgan fingerprint density at radius 1 is 0.765 bits per heavy atom. The number of piperazine rings is 1. The number of hydrogen-bond acceptors (Lipinski definition) is 5. The minimum Gasteiger partial charge on any atom is -0.368 e. The summed E-state index contributed by atoms with van der Waals surface area (Å²) in [5, 5.41) is 0. The molecule has 0 radical (unpaired) electrons. The van der Waals surface area contributed by atoms with Crippen LogP contribution < -0.4 is 9.21 Å². The molecule has 1 aliphatic heterocycles. The van der Waals surface area contributed by atoms with E-state index in [1.54, 1.807) is 48.2 Å². The number of ketones is 1. The molecule has 1 aliphatic rings. The molecular weight excluding hydrogens is 450 g/mol. The summed E-state index contributed by atoms with van der Waals surface area (Å²) in [6, 6.07) is 22.5. The Morgan fingerprint density at radius 3 is 1.88 bits per heavy atom. The predicted molar refractivity (Wildman–Crippen MR) is 133 cm³/mol. The molecule has 1 amide bonds. The molecule has 1 fully saturated rings. The van der Waals surface area contributed by atoms with Gasteiger partial charge in [-0.05, 0) is 67.6 Å². The highest BCUT2D eigenvalue weighted by atomic mass is 32.2. The second-order valence-electron chi connectivity index (χ2n) is 8.21. The number of sulfonamides is 1. The van der Waals surface area contributed by atoms with E-state index in [9.17, 15) is 18.0 Å². The van der Waals surface area contributed by atoms with Crippen molar-refractivity contribution in [2.75, 3.05) is 42.4 Å². The van der Waals surface area contributed by atoms with Crippen molar-refractivity contribution in [2.45, 2.75) is 11.8 Å². The summed E-state index contributed by atoms with van der Waals surface area (Å²) in [6.45, 7) is 4.02. The van der Waals surface area contributed by atoms with Crippen LogP contribution in [0.25, 0.3) is 0 Å². The standard InChI is InChI=1S/C26H27N3O4S/c1-20(30)21-8-12-24(13-9-21)28-16-18-29(19-17-28)26(31)22-10-14-25(15-11-22)34(32,33)27(2)23-6-4-3-5-7-23/h3-15H,16-19H2,1-2H3. The smallest absolute Gasteiger partial charge is 0.264 e. The highest BCUT2D eigenvalue weighted by Gasteiger charge is 2.24. The van der Waals surface area contributed by atoms with Gasteiger partial charge in [0.25, 0.3) is 15.9 Å². The van der Waals surface area contributed by atoms with Crippen molar-refractivity contribution in [3.63, 3.8) is 0 Å². The summed E-state index contributed by atoms with van der Waals surface area (Å²) in [5.74, 6) is -0.0839. The Labute approximate surface area is 200 Å². The summed E-state index contributed by atoms with van der Waals surface area (Å²) < 4.78 is 27.1. The van der Waals surface area contributed by atoms with Crippen LogP contribution in [0.15, 0.2) is 83.8 Å². The Kier molecular flexibility index (Phi) is 6.70. The van der Waals surface area contributed by atoms with Crippen molar-refractivity contribution in [1.29, 1.82) is 0 Å². The maximum Gasteiger partial charge on any atom is 0.264 e. The molecule has 0 spiro atoms. The molecule has 0 N–H and O–H groups in total. The predicted octanol–water partition coefficient (Wildman–Crippen LogP) is 3.68. The summed E-state index contributed by atoms with van der Waals surface area (Å²) in [5.41, 5.74) is 2.73. The number of anilines is 2. The van der Waals surface area contributed by atoms with E-state index in [4.69, 9.17) is 0 Å². The second-order valence-corrected chi connectivity index (χ2v) is 10.2. The Balaban J connectivity index is 1.40.